The molecule has 0 saturated carbocycles. The average Bonchev–Trinajstić information content (AvgIpc) is 3.12. The van der Waals surface area contributed by atoms with Gasteiger partial charge in [0.25, 0.3) is 5.17 Å². The zero-order valence-corrected chi connectivity index (χ0v) is 16.7. The summed E-state index contributed by atoms with van der Waals surface area (Å²) in [4.78, 5) is 29.2. The third kappa shape index (κ3) is 4.56. The molecule has 1 aromatic carbocycles. The molecule has 9 nitrogen and oxygen atoms in total. The Morgan fingerprint density at radius 3 is 2.39 bits per heavy atom. The molecular formula is C18H24N4O5S. The Morgan fingerprint density at radius 1 is 1.14 bits per heavy atom. The third-order valence-electron chi connectivity index (χ3n) is 4.77. The predicted molar refractivity (Wildman–Crippen MR) is 108 cm³/mol. The van der Waals surface area contributed by atoms with E-state index >= 15 is 0 Å². The number of thiocarbonyl (C=S) groups is 1. The highest BCUT2D eigenvalue weighted by molar-refractivity contribution is 7.80. The van der Waals surface area contributed by atoms with Crippen LogP contribution in [0.4, 0.5) is 21.0 Å². The van der Waals surface area contributed by atoms with E-state index in [9.17, 15) is 9.59 Å². The molecule has 1 atom stereocenters. The van der Waals surface area contributed by atoms with Crippen LogP contribution in [-0.2, 0) is 14.2 Å². The Hall–Kier alpha value is -2.75. The molecule has 0 aromatic heterocycles. The van der Waals surface area contributed by atoms with Gasteiger partial charge < -0.3 is 29.3 Å². The summed E-state index contributed by atoms with van der Waals surface area (Å²) in [5, 5.41) is 3.17. The van der Waals surface area contributed by atoms with Crippen molar-refractivity contribution in [2.75, 3.05) is 63.3 Å². The van der Waals surface area contributed by atoms with E-state index in [-0.39, 0.29) is 23.5 Å². The van der Waals surface area contributed by atoms with Crippen LogP contribution in [0.25, 0.3) is 0 Å². The molecule has 28 heavy (non-hydrogen) atoms. The number of nitrogens with one attached hydrogen (secondary N) is 1. The van der Waals surface area contributed by atoms with Crippen molar-refractivity contribution in [1.82, 2.24) is 10.2 Å². The summed E-state index contributed by atoms with van der Waals surface area (Å²) >= 11 is 4.93. The van der Waals surface area contributed by atoms with E-state index < -0.39 is 0 Å². The molecular weight excluding hydrogens is 384 g/mol. The maximum atomic E-state index is 12.2. The summed E-state index contributed by atoms with van der Waals surface area (Å²) in [5.74, 6) is 0. The van der Waals surface area contributed by atoms with Crippen LogP contribution in [0.1, 0.15) is 0 Å². The first kappa shape index (κ1) is 20.0. The molecule has 0 unspecified atom stereocenters. The summed E-state index contributed by atoms with van der Waals surface area (Å²) in [6.45, 7) is 3.53. The van der Waals surface area contributed by atoms with Crippen LogP contribution >= 0.6 is 12.2 Å². The van der Waals surface area contributed by atoms with E-state index in [4.69, 9.17) is 26.4 Å². The smallest absolute Gasteiger partial charge is 0.414 e. The molecule has 0 aliphatic carbocycles. The number of anilines is 2. The van der Waals surface area contributed by atoms with E-state index in [1.165, 1.54) is 14.2 Å². The quantitative estimate of drug-likeness (QED) is 0.749. The van der Waals surface area contributed by atoms with Gasteiger partial charge >= 0.3 is 12.2 Å². The Bertz CT molecular complexity index is 721. The van der Waals surface area contributed by atoms with Crippen molar-refractivity contribution < 1.29 is 23.8 Å². The average molecular weight is 408 g/mol. The van der Waals surface area contributed by atoms with Crippen LogP contribution in [0.5, 0.6) is 0 Å². The van der Waals surface area contributed by atoms with Crippen LogP contribution in [-0.4, -0.2) is 81.9 Å². The lowest BCUT2D eigenvalue weighted by atomic mass is 10.2. The largest absolute Gasteiger partial charge is 0.474 e. The summed E-state index contributed by atoms with van der Waals surface area (Å²) in [6.07, 6.45) is -0.973. The van der Waals surface area contributed by atoms with Gasteiger partial charge in [-0.1, -0.05) is 0 Å². The Balaban J connectivity index is 1.55. The Labute approximate surface area is 169 Å². The Morgan fingerprint density at radius 2 is 1.79 bits per heavy atom. The molecule has 152 valence electrons. The van der Waals surface area contributed by atoms with Gasteiger partial charge in [-0.15, -0.1) is 0 Å². The number of cyclic esters (lactones) is 1. The molecule has 1 aromatic rings. The van der Waals surface area contributed by atoms with Gasteiger partial charge in [-0.25, -0.2) is 9.59 Å². The molecule has 0 spiro atoms. The summed E-state index contributed by atoms with van der Waals surface area (Å²) in [6, 6.07) is 7.75. The first-order valence-electron chi connectivity index (χ1n) is 8.99. The summed E-state index contributed by atoms with van der Waals surface area (Å²) in [7, 11) is 2.88. The lowest BCUT2D eigenvalue weighted by Crippen LogP contribution is -2.48. The van der Waals surface area contributed by atoms with Crippen molar-refractivity contribution in [1.29, 1.82) is 0 Å². The number of hydrogen-bond donors (Lipinski definition) is 1. The van der Waals surface area contributed by atoms with Gasteiger partial charge in [-0.05, 0) is 36.5 Å². The fourth-order valence-electron chi connectivity index (χ4n) is 3.23. The molecule has 2 saturated heterocycles. The van der Waals surface area contributed by atoms with Gasteiger partial charge in [-0.2, -0.15) is 0 Å². The highest BCUT2D eigenvalue weighted by atomic mass is 32.1. The number of piperazine rings is 1. The van der Waals surface area contributed by atoms with E-state index in [1.807, 2.05) is 24.3 Å². The van der Waals surface area contributed by atoms with Gasteiger partial charge in [-0.3, -0.25) is 4.90 Å². The van der Waals surface area contributed by atoms with Crippen molar-refractivity contribution in [2.45, 2.75) is 6.10 Å². The predicted octanol–water partition coefficient (Wildman–Crippen LogP) is 1.42. The molecule has 3 rings (SSSR count). The van der Waals surface area contributed by atoms with Gasteiger partial charge in [0.1, 0.15) is 6.10 Å². The number of methoxy groups -OCH3 is 2. The van der Waals surface area contributed by atoms with Gasteiger partial charge in [0.2, 0.25) is 0 Å². The number of rotatable bonds is 4. The number of amides is 2. The van der Waals surface area contributed by atoms with Crippen molar-refractivity contribution in [2.24, 2.45) is 0 Å². The number of hydrogen-bond acceptors (Lipinski definition) is 7. The first-order valence-corrected chi connectivity index (χ1v) is 9.40. The fraction of sp³-hybridized carbons (Fsp3) is 0.500. The van der Waals surface area contributed by atoms with Gasteiger partial charge in [0, 0.05) is 37.6 Å². The SMILES string of the molecule is COC(=O)N1CCN(c2ccc(N3C[C@H](CNC(=S)OC)OC3=O)cc2)CC1. The van der Waals surface area contributed by atoms with Crippen LogP contribution in [0.15, 0.2) is 24.3 Å². The molecule has 0 radical (unpaired) electrons. The minimum atomic E-state index is -0.380. The number of ether oxygens (including phenoxy) is 3. The minimum absolute atomic E-state index is 0.270. The second-order valence-corrected chi connectivity index (χ2v) is 6.82. The normalized spacial score (nSPS) is 19.3. The van der Waals surface area contributed by atoms with Crippen LogP contribution < -0.4 is 15.1 Å². The molecule has 2 heterocycles. The third-order valence-corrected chi connectivity index (χ3v) is 5.08. The van der Waals surface area contributed by atoms with Crippen molar-refractivity contribution in [3.05, 3.63) is 24.3 Å². The van der Waals surface area contributed by atoms with E-state index in [2.05, 4.69) is 10.2 Å². The van der Waals surface area contributed by atoms with E-state index in [1.54, 1.807) is 9.80 Å². The van der Waals surface area contributed by atoms with Crippen LogP contribution in [0.2, 0.25) is 0 Å². The molecule has 2 amide bonds. The molecule has 2 aliphatic heterocycles. The summed E-state index contributed by atoms with van der Waals surface area (Å²) in [5.41, 5.74) is 1.82. The molecule has 0 bridgehead atoms. The topological polar surface area (TPSA) is 83.6 Å². The zero-order chi connectivity index (χ0) is 20.1. The highest BCUT2D eigenvalue weighted by Gasteiger charge is 2.32. The van der Waals surface area contributed by atoms with Crippen molar-refractivity contribution in [3.8, 4) is 0 Å². The van der Waals surface area contributed by atoms with E-state index in [0.29, 0.717) is 26.2 Å². The maximum Gasteiger partial charge on any atom is 0.414 e. The molecule has 2 aliphatic rings. The van der Waals surface area contributed by atoms with Gasteiger partial charge in [0.05, 0.1) is 27.3 Å². The monoisotopic (exact) mass is 408 g/mol. The number of benzene rings is 1. The zero-order valence-electron chi connectivity index (χ0n) is 15.9. The van der Waals surface area contributed by atoms with Crippen LogP contribution in [0.3, 0.4) is 0 Å². The van der Waals surface area contributed by atoms with Crippen LogP contribution in [0, 0.1) is 0 Å². The summed E-state index contributed by atoms with van der Waals surface area (Å²) < 4.78 is 15.0. The fourth-order valence-corrected chi connectivity index (χ4v) is 3.31. The number of carbonyl (C=O) groups excluding carboxylic acids is 2. The standard InChI is InChI=1S/C18H24N4O5S/c1-25-16(28)19-11-15-12-22(18(24)27-15)14-5-3-13(4-6-14)20-7-9-21(10-8-20)17(23)26-2/h3-6,15H,7-12H2,1-2H3,(H,19,28)/t15-/m0/s1. The second-order valence-electron chi connectivity index (χ2n) is 6.45. The highest BCUT2D eigenvalue weighted by Crippen LogP contribution is 2.25. The van der Waals surface area contributed by atoms with E-state index in [0.717, 1.165) is 24.5 Å². The lowest BCUT2D eigenvalue weighted by Gasteiger charge is -2.35. The first-order chi connectivity index (χ1) is 13.5. The molecule has 2 fully saturated rings. The Kier molecular flexibility index (Phi) is 6.40. The number of nitrogens with zero attached hydrogens (tertiary/aromatic N) is 3. The molecule has 10 heteroatoms. The molecule has 1 N–H and O–H groups in total. The van der Waals surface area contributed by atoms with Crippen molar-refractivity contribution >= 4 is 41.0 Å². The second kappa shape index (κ2) is 8.96. The van der Waals surface area contributed by atoms with Crippen molar-refractivity contribution in [3.63, 3.8) is 0 Å². The van der Waals surface area contributed by atoms with Gasteiger partial charge in [0.15, 0.2) is 0 Å². The minimum Gasteiger partial charge on any atom is -0.474 e. The maximum absolute atomic E-state index is 12.2. The lowest BCUT2D eigenvalue weighted by molar-refractivity contribution is 0.121. The number of carbonyl (C=O) groups is 2.